The summed E-state index contributed by atoms with van der Waals surface area (Å²) in [5.41, 5.74) is 5.30. The van der Waals surface area contributed by atoms with Gasteiger partial charge in [-0.15, -0.1) is 5.10 Å². The Balaban J connectivity index is 1.97. The highest BCUT2D eigenvalue weighted by Gasteiger charge is 2.36. The van der Waals surface area contributed by atoms with E-state index in [0.29, 0.717) is 5.16 Å². The minimum absolute atomic E-state index is 0.0509. The Morgan fingerprint density at radius 2 is 1.96 bits per heavy atom. The van der Waals surface area contributed by atoms with Crippen LogP contribution in [0.3, 0.4) is 0 Å². The normalized spacial score (nSPS) is 15.8. The van der Waals surface area contributed by atoms with Gasteiger partial charge in [0.05, 0.1) is 17.0 Å². The molecule has 0 unspecified atom stereocenters. The fourth-order valence-electron chi connectivity index (χ4n) is 3.50. The van der Waals surface area contributed by atoms with E-state index in [0.717, 1.165) is 16.8 Å². The molecular weight excluding hydrogens is 334 g/mol. The minimum Gasteiger partial charge on any atom is -0.302 e. The Kier molecular flexibility index (Phi) is 4.45. The van der Waals surface area contributed by atoms with Gasteiger partial charge in [0.15, 0.2) is 0 Å². The second-order valence-corrected chi connectivity index (χ2v) is 8.00. The average molecular weight is 357 g/mol. The highest BCUT2D eigenvalue weighted by molar-refractivity contribution is 7.99. The van der Waals surface area contributed by atoms with Crippen molar-refractivity contribution in [1.29, 1.82) is 0 Å². The molecule has 1 aliphatic heterocycles. The smallest absolute Gasteiger partial charge is 0.238 e. The second-order valence-electron chi connectivity index (χ2n) is 7.06. The van der Waals surface area contributed by atoms with Crippen LogP contribution in [0.2, 0.25) is 0 Å². The Hall–Kier alpha value is -2.15. The minimum atomic E-state index is -0.382. The van der Waals surface area contributed by atoms with Crippen molar-refractivity contribution < 1.29 is 4.79 Å². The summed E-state index contributed by atoms with van der Waals surface area (Å²) >= 11 is 1.36. The van der Waals surface area contributed by atoms with Gasteiger partial charge in [-0.25, -0.2) is 4.68 Å². The molecule has 0 saturated carbocycles. The maximum atomic E-state index is 13.1. The van der Waals surface area contributed by atoms with Gasteiger partial charge in [0.25, 0.3) is 0 Å². The third-order valence-electron chi connectivity index (χ3n) is 4.39. The van der Waals surface area contributed by atoms with Crippen LogP contribution in [0.4, 0.5) is 5.69 Å². The lowest BCUT2D eigenvalue weighted by atomic mass is 9.86. The van der Waals surface area contributed by atoms with E-state index in [1.807, 2.05) is 4.90 Å². The first-order chi connectivity index (χ1) is 11.7. The summed E-state index contributed by atoms with van der Waals surface area (Å²) in [7, 11) is 1.77. The number of fused-ring (bicyclic) bond motifs is 1. The number of amides is 1. The highest BCUT2D eigenvalue weighted by Crippen LogP contribution is 2.42. The summed E-state index contributed by atoms with van der Waals surface area (Å²) in [4.78, 5) is 15.0. The van der Waals surface area contributed by atoms with Crippen LogP contribution >= 0.6 is 11.8 Å². The average Bonchev–Trinajstić information content (AvgIpc) is 2.90. The third kappa shape index (κ3) is 3.20. The monoisotopic (exact) mass is 357 g/mol. The first-order valence-corrected chi connectivity index (χ1v) is 9.18. The van der Waals surface area contributed by atoms with Gasteiger partial charge in [-0.3, -0.25) is 4.79 Å². The van der Waals surface area contributed by atoms with Crippen LogP contribution < -0.4 is 4.90 Å². The lowest BCUT2D eigenvalue weighted by Crippen LogP contribution is -2.50. The number of aryl methyl sites for hydroxylation is 3. The topological polar surface area (TPSA) is 63.9 Å². The molecule has 1 aliphatic rings. The maximum Gasteiger partial charge on any atom is 0.238 e. The molecule has 0 N–H and O–H groups in total. The number of allylic oxidation sites excluding steroid dienone is 1. The molecule has 0 spiro atoms. The van der Waals surface area contributed by atoms with E-state index in [9.17, 15) is 4.79 Å². The van der Waals surface area contributed by atoms with Crippen LogP contribution in [0.1, 0.15) is 37.5 Å². The number of thioether (sulfide) groups is 1. The summed E-state index contributed by atoms with van der Waals surface area (Å²) in [6.07, 6.45) is 2.17. The number of carbonyl (C=O) groups is 1. The molecule has 2 heterocycles. The molecule has 0 fully saturated rings. The van der Waals surface area contributed by atoms with Crippen LogP contribution in [-0.4, -0.2) is 37.4 Å². The summed E-state index contributed by atoms with van der Waals surface area (Å²) in [5.74, 6) is 0.340. The third-order valence-corrected chi connectivity index (χ3v) is 5.39. The van der Waals surface area contributed by atoms with Crippen LogP contribution in [0, 0.1) is 13.8 Å². The van der Waals surface area contributed by atoms with Gasteiger partial charge in [0.2, 0.25) is 11.1 Å². The van der Waals surface area contributed by atoms with Gasteiger partial charge in [-0.2, -0.15) is 0 Å². The molecule has 0 radical (unpaired) electrons. The van der Waals surface area contributed by atoms with Gasteiger partial charge < -0.3 is 4.90 Å². The van der Waals surface area contributed by atoms with E-state index in [-0.39, 0.29) is 17.2 Å². The zero-order valence-corrected chi connectivity index (χ0v) is 16.3. The molecule has 2 aromatic rings. The number of rotatable bonds is 3. The van der Waals surface area contributed by atoms with Crippen molar-refractivity contribution in [3.05, 3.63) is 34.9 Å². The Morgan fingerprint density at radius 1 is 1.24 bits per heavy atom. The van der Waals surface area contributed by atoms with E-state index >= 15 is 0 Å². The first kappa shape index (κ1) is 17.7. The predicted octanol–water partition coefficient (Wildman–Crippen LogP) is 3.15. The van der Waals surface area contributed by atoms with Crippen LogP contribution in [0.15, 0.2) is 23.4 Å². The SMILES string of the molecule is CC1=CC(C)(C)N(C(=O)CSc2nnnn2C)c2c(C)cc(C)cc21. The number of nitrogens with zero attached hydrogens (tertiary/aromatic N) is 5. The predicted molar refractivity (Wildman–Crippen MR) is 101 cm³/mol. The standard InChI is InChI=1S/C18H23N5OS/c1-11-7-12(2)16-14(8-11)13(3)9-18(4,5)23(16)15(24)10-25-17-19-20-21-22(17)6/h7-9H,10H2,1-6H3. The molecule has 132 valence electrons. The fourth-order valence-corrected chi connectivity index (χ4v) is 4.20. The molecule has 0 aliphatic carbocycles. The van der Waals surface area contributed by atoms with Gasteiger partial charge in [-0.05, 0) is 62.2 Å². The van der Waals surface area contributed by atoms with E-state index in [4.69, 9.17) is 0 Å². The number of aromatic nitrogens is 4. The van der Waals surface area contributed by atoms with Crippen molar-refractivity contribution in [2.75, 3.05) is 10.7 Å². The summed E-state index contributed by atoms with van der Waals surface area (Å²) in [6.45, 7) is 10.4. The fraction of sp³-hybridized carbons (Fsp3) is 0.444. The number of anilines is 1. The van der Waals surface area contributed by atoms with Crippen molar-refractivity contribution in [3.63, 3.8) is 0 Å². The quantitative estimate of drug-likeness (QED) is 0.790. The number of carbonyl (C=O) groups excluding carboxylic acids is 1. The molecule has 0 saturated heterocycles. The number of benzene rings is 1. The zero-order chi connectivity index (χ0) is 18.4. The Morgan fingerprint density at radius 3 is 2.60 bits per heavy atom. The van der Waals surface area contributed by atoms with Crippen molar-refractivity contribution in [2.24, 2.45) is 7.05 Å². The van der Waals surface area contributed by atoms with Crippen LogP contribution in [0.5, 0.6) is 0 Å². The van der Waals surface area contributed by atoms with E-state index in [1.54, 1.807) is 11.7 Å². The van der Waals surface area contributed by atoms with Crippen LogP contribution in [0.25, 0.3) is 5.57 Å². The lowest BCUT2D eigenvalue weighted by Gasteiger charge is -2.42. The molecule has 1 aromatic carbocycles. The van der Waals surface area contributed by atoms with E-state index in [2.05, 4.69) is 68.4 Å². The van der Waals surface area contributed by atoms with Gasteiger partial charge in [-0.1, -0.05) is 29.5 Å². The summed E-state index contributed by atoms with van der Waals surface area (Å²) in [5, 5.41) is 12.0. The molecular formula is C18H23N5OS. The van der Waals surface area contributed by atoms with Crippen molar-refractivity contribution >= 4 is 28.9 Å². The van der Waals surface area contributed by atoms with Gasteiger partial charge in [0.1, 0.15) is 0 Å². The van der Waals surface area contributed by atoms with Gasteiger partial charge >= 0.3 is 0 Å². The second kappa shape index (κ2) is 6.29. The maximum absolute atomic E-state index is 13.1. The molecule has 0 bridgehead atoms. The lowest BCUT2D eigenvalue weighted by molar-refractivity contribution is -0.116. The van der Waals surface area contributed by atoms with Crippen molar-refractivity contribution in [2.45, 2.75) is 45.3 Å². The zero-order valence-electron chi connectivity index (χ0n) is 15.5. The first-order valence-electron chi connectivity index (χ1n) is 8.20. The molecule has 25 heavy (non-hydrogen) atoms. The van der Waals surface area contributed by atoms with E-state index < -0.39 is 0 Å². The van der Waals surface area contributed by atoms with Crippen molar-refractivity contribution in [1.82, 2.24) is 20.2 Å². The number of hydrogen-bond acceptors (Lipinski definition) is 5. The summed E-state index contributed by atoms with van der Waals surface area (Å²) in [6, 6.07) is 4.29. The molecule has 7 heteroatoms. The number of tetrazole rings is 1. The summed E-state index contributed by atoms with van der Waals surface area (Å²) < 4.78 is 1.58. The van der Waals surface area contributed by atoms with Crippen molar-refractivity contribution in [3.8, 4) is 0 Å². The highest BCUT2D eigenvalue weighted by atomic mass is 32.2. The molecule has 6 nitrogen and oxygen atoms in total. The van der Waals surface area contributed by atoms with Crippen LogP contribution in [-0.2, 0) is 11.8 Å². The Labute approximate surface area is 152 Å². The van der Waals surface area contributed by atoms with E-state index in [1.165, 1.54) is 22.9 Å². The largest absolute Gasteiger partial charge is 0.302 e. The number of hydrogen-bond donors (Lipinski definition) is 0. The molecule has 0 atom stereocenters. The molecule has 1 aromatic heterocycles. The molecule has 3 rings (SSSR count). The Bertz CT molecular complexity index is 868. The molecule has 1 amide bonds. The van der Waals surface area contributed by atoms with Gasteiger partial charge in [0, 0.05) is 12.6 Å².